The van der Waals surface area contributed by atoms with Crippen LogP contribution in [0, 0.1) is 0 Å². The number of benzene rings is 1. The van der Waals surface area contributed by atoms with E-state index in [0.717, 1.165) is 16.7 Å². The smallest absolute Gasteiger partial charge is 0.493 e. The molecule has 0 spiro atoms. The average molecular weight is 467 g/mol. The molecule has 32 heavy (non-hydrogen) atoms. The second-order valence-electron chi connectivity index (χ2n) is 7.17. The highest BCUT2D eigenvalue weighted by molar-refractivity contribution is 7.90. The summed E-state index contributed by atoms with van der Waals surface area (Å²) in [5.74, 6) is 1.18. The van der Waals surface area contributed by atoms with Crippen molar-refractivity contribution in [3.63, 3.8) is 0 Å². The molecule has 0 amide bonds. The van der Waals surface area contributed by atoms with E-state index in [-0.39, 0.29) is 19.5 Å². The first-order chi connectivity index (χ1) is 15.1. The molecule has 1 aliphatic heterocycles. The maximum absolute atomic E-state index is 12.8. The standard InChI is InChI=1S/C21H20F3N3O4S/c1-30-18-5-3-15(11-19(18)31-2)17-13-26-12-16(4-6-20(26)25-17)14-7-9-27(10-8-14)32(28,29)21(22,23)24/h3-7,11-13H,8-10H2,1-2H3. The van der Waals surface area contributed by atoms with Gasteiger partial charge in [0, 0.05) is 31.0 Å². The Morgan fingerprint density at radius 1 is 1.00 bits per heavy atom. The lowest BCUT2D eigenvalue weighted by Gasteiger charge is -2.26. The Morgan fingerprint density at radius 3 is 2.34 bits per heavy atom. The predicted molar refractivity (Wildman–Crippen MR) is 113 cm³/mol. The summed E-state index contributed by atoms with van der Waals surface area (Å²) in [6.07, 6.45) is 5.36. The predicted octanol–water partition coefficient (Wildman–Crippen LogP) is 3.96. The van der Waals surface area contributed by atoms with Gasteiger partial charge in [-0.15, -0.1) is 0 Å². The first-order valence-electron chi connectivity index (χ1n) is 9.61. The lowest BCUT2D eigenvalue weighted by atomic mass is 10.0. The van der Waals surface area contributed by atoms with Crippen LogP contribution in [-0.4, -0.2) is 54.9 Å². The zero-order valence-electron chi connectivity index (χ0n) is 17.3. The molecule has 170 valence electrons. The maximum Gasteiger partial charge on any atom is 0.511 e. The van der Waals surface area contributed by atoms with Crippen LogP contribution >= 0.6 is 0 Å². The highest BCUT2D eigenvalue weighted by Crippen LogP contribution is 2.33. The summed E-state index contributed by atoms with van der Waals surface area (Å²) in [5.41, 5.74) is -1.49. The molecular weight excluding hydrogens is 447 g/mol. The zero-order chi connectivity index (χ0) is 23.1. The van der Waals surface area contributed by atoms with Gasteiger partial charge < -0.3 is 13.9 Å². The van der Waals surface area contributed by atoms with Gasteiger partial charge >= 0.3 is 15.5 Å². The molecule has 0 N–H and O–H groups in total. The number of halogens is 3. The molecule has 1 aliphatic rings. The number of aromatic nitrogens is 2. The second kappa shape index (κ2) is 8.14. The van der Waals surface area contributed by atoms with E-state index in [1.54, 1.807) is 26.4 Å². The Hall–Kier alpha value is -3.05. The topological polar surface area (TPSA) is 73.1 Å². The van der Waals surface area contributed by atoms with Gasteiger partial charge in [-0.2, -0.15) is 17.5 Å². The molecule has 0 fully saturated rings. The third-order valence-electron chi connectivity index (χ3n) is 5.31. The maximum atomic E-state index is 12.8. The van der Waals surface area contributed by atoms with Gasteiger partial charge in [0.1, 0.15) is 5.65 Å². The minimum Gasteiger partial charge on any atom is -0.493 e. The van der Waals surface area contributed by atoms with Crippen molar-refractivity contribution in [3.8, 4) is 22.8 Å². The summed E-state index contributed by atoms with van der Waals surface area (Å²) in [6, 6.07) is 9.10. The molecule has 0 radical (unpaired) electrons. The van der Waals surface area contributed by atoms with Crippen LogP contribution < -0.4 is 9.47 Å². The summed E-state index contributed by atoms with van der Waals surface area (Å²) in [7, 11) is -2.21. The highest BCUT2D eigenvalue weighted by Gasteiger charge is 2.49. The Morgan fingerprint density at radius 2 is 1.72 bits per heavy atom. The number of rotatable bonds is 5. The van der Waals surface area contributed by atoms with Crippen molar-refractivity contribution in [3.05, 3.63) is 54.4 Å². The quantitative estimate of drug-likeness (QED) is 0.568. The SMILES string of the molecule is COc1ccc(-c2cn3cc(C4=CCN(S(=O)(=O)C(F)(F)F)CC4)ccc3n2)cc1OC. The summed E-state index contributed by atoms with van der Waals surface area (Å²) in [6.45, 7) is -0.553. The molecule has 0 aliphatic carbocycles. The monoisotopic (exact) mass is 467 g/mol. The van der Waals surface area contributed by atoms with Crippen LogP contribution in [0.3, 0.4) is 0 Å². The number of ether oxygens (including phenoxy) is 2. The minimum absolute atomic E-state index is 0.179. The number of hydrogen-bond donors (Lipinski definition) is 0. The van der Waals surface area contributed by atoms with Gasteiger partial charge in [0.25, 0.3) is 0 Å². The molecule has 3 heterocycles. The average Bonchev–Trinajstić information content (AvgIpc) is 3.21. The van der Waals surface area contributed by atoms with Gasteiger partial charge in [0.15, 0.2) is 11.5 Å². The molecular formula is C21H20F3N3O4S. The van der Waals surface area contributed by atoms with Crippen molar-refractivity contribution in [1.29, 1.82) is 0 Å². The minimum atomic E-state index is -5.32. The van der Waals surface area contributed by atoms with Crippen LogP contribution in [-0.2, 0) is 10.0 Å². The third-order valence-corrected chi connectivity index (χ3v) is 6.90. The van der Waals surface area contributed by atoms with Gasteiger partial charge in [-0.25, -0.2) is 13.4 Å². The van der Waals surface area contributed by atoms with Gasteiger partial charge in [0.05, 0.1) is 19.9 Å². The number of sulfonamides is 1. The van der Waals surface area contributed by atoms with Gasteiger partial charge in [0.2, 0.25) is 0 Å². The molecule has 2 aromatic heterocycles. The molecule has 7 nitrogen and oxygen atoms in total. The van der Waals surface area contributed by atoms with E-state index < -0.39 is 15.5 Å². The fourth-order valence-corrected chi connectivity index (χ4v) is 4.49. The second-order valence-corrected chi connectivity index (χ2v) is 9.10. The van der Waals surface area contributed by atoms with Crippen LogP contribution in [0.1, 0.15) is 12.0 Å². The van der Waals surface area contributed by atoms with Crippen molar-refractivity contribution in [2.45, 2.75) is 11.9 Å². The number of nitrogens with zero attached hydrogens (tertiary/aromatic N) is 3. The van der Waals surface area contributed by atoms with E-state index in [1.807, 2.05) is 35.0 Å². The Kier molecular flexibility index (Phi) is 5.63. The Bertz CT molecular complexity index is 1300. The Balaban J connectivity index is 1.61. The molecule has 0 saturated heterocycles. The van der Waals surface area contributed by atoms with Crippen molar-refractivity contribution in [1.82, 2.24) is 13.7 Å². The highest BCUT2D eigenvalue weighted by atomic mass is 32.2. The fourth-order valence-electron chi connectivity index (χ4n) is 3.59. The number of imidazole rings is 1. The number of pyridine rings is 1. The third kappa shape index (κ3) is 3.93. The number of hydrogen-bond acceptors (Lipinski definition) is 5. The lowest BCUT2D eigenvalue weighted by molar-refractivity contribution is -0.0486. The van der Waals surface area contributed by atoms with E-state index in [4.69, 9.17) is 9.47 Å². The molecule has 11 heteroatoms. The zero-order valence-corrected chi connectivity index (χ0v) is 18.1. The van der Waals surface area contributed by atoms with Crippen LogP contribution in [0.25, 0.3) is 22.5 Å². The van der Waals surface area contributed by atoms with Crippen LogP contribution in [0.2, 0.25) is 0 Å². The molecule has 0 saturated carbocycles. The molecule has 3 aromatic rings. The summed E-state index contributed by atoms with van der Waals surface area (Å²) in [4.78, 5) is 4.61. The number of fused-ring (bicyclic) bond motifs is 1. The van der Waals surface area contributed by atoms with E-state index >= 15 is 0 Å². The lowest BCUT2D eigenvalue weighted by Crippen LogP contribution is -2.42. The summed E-state index contributed by atoms with van der Waals surface area (Å²) < 4.78 is 74.4. The normalized spacial score (nSPS) is 15.6. The van der Waals surface area contributed by atoms with Crippen molar-refractivity contribution in [2.75, 3.05) is 27.3 Å². The van der Waals surface area contributed by atoms with Crippen LogP contribution in [0.15, 0.2) is 48.8 Å². The molecule has 0 atom stereocenters. The van der Waals surface area contributed by atoms with Gasteiger partial charge in [-0.3, -0.25) is 0 Å². The summed E-state index contributed by atoms with van der Waals surface area (Å²) in [5, 5.41) is 0. The van der Waals surface area contributed by atoms with Gasteiger partial charge in [-0.1, -0.05) is 6.08 Å². The Labute approximate surface area is 182 Å². The van der Waals surface area contributed by atoms with Crippen LogP contribution in [0.5, 0.6) is 11.5 Å². The van der Waals surface area contributed by atoms with Gasteiger partial charge in [-0.05, 0) is 47.9 Å². The largest absolute Gasteiger partial charge is 0.511 e. The van der Waals surface area contributed by atoms with E-state index in [1.165, 1.54) is 6.08 Å². The molecule has 1 aromatic carbocycles. The molecule has 0 bridgehead atoms. The first kappa shape index (κ1) is 22.2. The van der Waals surface area contributed by atoms with Crippen LogP contribution in [0.4, 0.5) is 13.2 Å². The first-order valence-corrected chi connectivity index (χ1v) is 11.0. The fraction of sp³-hybridized carbons (Fsp3) is 0.286. The van der Waals surface area contributed by atoms with E-state index in [0.29, 0.717) is 27.1 Å². The number of alkyl halides is 3. The van der Waals surface area contributed by atoms with Crippen molar-refractivity contribution in [2.24, 2.45) is 0 Å². The number of methoxy groups -OCH3 is 2. The molecule has 0 unspecified atom stereocenters. The van der Waals surface area contributed by atoms with Crippen molar-refractivity contribution < 1.29 is 31.1 Å². The molecule has 4 rings (SSSR count). The summed E-state index contributed by atoms with van der Waals surface area (Å²) >= 11 is 0. The van der Waals surface area contributed by atoms with E-state index in [9.17, 15) is 21.6 Å². The van der Waals surface area contributed by atoms with Crippen molar-refractivity contribution >= 4 is 21.2 Å². The van der Waals surface area contributed by atoms with E-state index in [2.05, 4.69) is 4.98 Å².